The SMILES string of the molecule is CCN(CC)c1ccc(C2=C(S(=O)(=O)c3ccccc3)C(=O)N(c3ccc(C(=O)O)cc3)C2=O)o1. The van der Waals surface area contributed by atoms with Crippen LogP contribution in [0.3, 0.4) is 0 Å². The molecule has 0 unspecified atom stereocenters. The Hall–Kier alpha value is -4.18. The molecule has 1 N–H and O–H groups in total. The number of aromatic carboxylic acids is 1. The minimum absolute atomic E-state index is 0.0382. The molecule has 1 aliphatic heterocycles. The third-order valence-corrected chi connectivity index (χ3v) is 7.46. The van der Waals surface area contributed by atoms with Crippen LogP contribution < -0.4 is 9.80 Å². The molecule has 3 aromatic rings. The number of sulfone groups is 1. The highest BCUT2D eigenvalue weighted by atomic mass is 32.2. The van der Waals surface area contributed by atoms with E-state index in [0.29, 0.717) is 19.0 Å². The van der Waals surface area contributed by atoms with E-state index in [-0.39, 0.29) is 27.5 Å². The van der Waals surface area contributed by atoms with E-state index in [2.05, 4.69) is 0 Å². The van der Waals surface area contributed by atoms with Crippen molar-refractivity contribution in [3.8, 4) is 0 Å². The van der Waals surface area contributed by atoms with Gasteiger partial charge in [-0.15, -0.1) is 0 Å². The maximum absolute atomic E-state index is 13.6. The van der Waals surface area contributed by atoms with E-state index in [1.807, 2.05) is 18.7 Å². The lowest BCUT2D eigenvalue weighted by Gasteiger charge is -2.17. The molecule has 2 heterocycles. The number of anilines is 2. The normalized spacial score (nSPS) is 14.1. The van der Waals surface area contributed by atoms with E-state index in [1.54, 1.807) is 12.1 Å². The molecule has 35 heavy (non-hydrogen) atoms. The fourth-order valence-corrected chi connectivity index (χ4v) is 5.38. The van der Waals surface area contributed by atoms with Crippen molar-refractivity contribution in [2.24, 2.45) is 0 Å². The van der Waals surface area contributed by atoms with E-state index in [1.165, 1.54) is 54.6 Å². The molecular weight excluding hydrogens is 472 g/mol. The van der Waals surface area contributed by atoms with Gasteiger partial charge in [-0.05, 0) is 56.3 Å². The summed E-state index contributed by atoms with van der Waals surface area (Å²) in [6, 6.07) is 15.4. The number of carboxylic acid groups (broad SMARTS) is 1. The second-order valence-electron chi connectivity index (χ2n) is 7.63. The molecule has 2 amide bonds. The molecule has 9 nitrogen and oxygen atoms in total. The van der Waals surface area contributed by atoms with Crippen LogP contribution in [0, 0.1) is 0 Å². The number of hydrogen-bond acceptors (Lipinski definition) is 7. The van der Waals surface area contributed by atoms with Gasteiger partial charge in [0.25, 0.3) is 11.8 Å². The zero-order valence-electron chi connectivity index (χ0n) is 19.0. The van der Waals surface area contributed by atoms with Gasteiger partial charge in [0, 0.05) is 19.2 Å². The number of carbonyl (C=O) groups is 3. The van der Waals surface area contributed by atoms with Gasteiger partial charge in [0.05, 0.1) is 16.1 Å². The van der Waals surface area contributed by atoms with Gasteiger partial charge in [-0.1, -0.05) is 18.2 Å². The van der Waals surface area contributed by atoms with Crippen molar-refractivity contribution in [1.29, 1.82) is 0 Å². The lowest BCUT2D eigenvalue weighted by molar-refractivity contribution is -0.119. The summed E-state index contributed by atoms with van der Waals surface area (Å²) in [5.41, 5.74) is -0.385. The zero-order valence-corrected chi connectivity index (χ0v) is 19.8. The van der Waals surface area contributed by atoms with Gasteiger partial charge >= 0.3 is 5.97 Å². The Kier molecular flexibility index (Phi) is 6.31. The number of carbonyl (C=O) groups excluding carboxylic acids is 2. The summed E-state index contributed by atoms with van der Waals surface area (Å²) in [6.07, 6.45) is 0. The highest BCUT2D eigenvalue weighted by molar-refractivity contribution is 7.96. The summed E-state index contributed by atoms with van der Waals surface area (Å²) in [5, 5.41) is 9.15. The second-order valence-corrected chi connectivity index (χ2v) is 9.52. The average Bonchev–Trinajstić information content (AvgIpc) is 3.43. The maximum Gasteiger partial charge on any atom is 0.335 e. The summed E-state index contributed by atoms with van der Waals surface area (Å²) in [7, 11) is -4.40. The first kappa shape index (κ1) is 24.0. The molecule has 0 spiro atoms. The predicted octanol–water partition coefficient (Wildman–Crippen LogP) is 3.58. The molecule has 0 bridgehead atoms. The lowest BCUT2D eigenvalue weighted by atomic mass is 10.2. The number of amides is 2. The van der Waals surface area contributed by atoms with Gasteiger partial charge in [0.1, 0.15) is 11.3 Å². The first-order valence-corrected chi connectivity index (χ1v) is 12.3. The number of rotatable bonds is 8. The van der Waals surface area contributed by atoms with E-state index in [0.717, 1.165) is 4.90 Å². The fourth-order valence-electron chi connectivity index (χ4n) is 3.85. The van der Waals surface area contributed by atoms with Crippen molar-refractivity contribution < 1.29 is 32.3 Å². The van der Waals surface area contributed by atoms with E-state index in [4.69, 9.17) is 9.52 Å². The Morgan fingerprint density at radius 2 is 1.54 bits per heavy atom. The van der Waals surface area contributed by atoms with Crippen molar-refractivity contribution >= 4 is 44.8 Å². The largest absolute Gasteiger partial charge is 0.478 e. The van der Waals surface area contributed by atoms with Crippen LogP contribution in [-0.4, -0.2) is 44.4 Å². The second kappa shape index (κ2) is 9.22. The molecule has 4 rings (SSSR count). The Morgan fingerprint density at radius 3 is 2.11 bits per heavy atom. The molecular formula is C25H22N2O7S. The highest BCUT2D eigenvalue weighted by Crippen LogP contribution is 2.39. The Bertz CT molecular complexity index is 1430. The molecule has 0 aliphatic carbocycles. The Labute approximate surface area is 201 Å². The minimum atomic E-state index is -4.40. The summed E-state index contributed by atoms with van der Waals surface area (Å²) < 4.78 is 33.0. The third kappa shape index (κ3) is 4.12. The van der Waals surface area contributed by atoms with Gasteiger partial charge in [0.2, 0.25) is 9.84 Å². The zero-order chi connectivity index (χ0) is 25.3. The Balaban J connectivity index is 1.89. The van der Waals surface area contributed by atoms with Gasteiger partial charge < -0.3 is 14.4 Å². The van der Waals surface area contributed by atoms with Crippen LogP contribution in [0.4, 0.5) is 11.6 Å². The summed E-state index contributed by atoms with van der Waals surface area (Å²) in [6.45, 7) is 5.07. The Morgan fingerprint density at radius 1 is 0.914 bits per heavy atom. The van der Waals surface area contributed by atoms with E-state index >= 15 is 0 Å². The monoisotopic (exact) mass is 494 g/mol. The van der Waals surface area contributed by atoms with Crippen molar-refractivity contribution in [3.63, 3.8) is 0 Å². The molecule has 0 saturated carbocycles. The first-order chi connectivity index (χ1) is 16.7. The molecule has 0 radical (unpaired) electrons. The smallest absolute Gasteiger partial charge is 0.335 e. The van der Waals surface area contributed by atoms with Crippen molar-refractivity contribution in [1.82, 2.24) is 0 Å². The molecule has 2 aromatic carbocycles. The van der Waals surface area contributed by atoms with Crippen LogP contribution >= 0.6 is 0 Å². The minimum Gasteiger partial charge on any atom is -0.478 e. The van der Waals surface area contributed by atoms with Gasteiger partial charge in [-0.2, -0.15) is 0 Å². The fraction of sp³-hybridized carbons (Fsp3) is 0.160. The van der Waals surface area contributed by atoms with Crippen LogP contribution in [0.15, 0.2) is 80.9 Å². The van der Waals surface area contributed by atoms with E-state index in [9.17, 15) is 22.8 Å². The van der Waals surface area contributed by atoms with Crippen LogP contribution in [-0.2, 0) is 19.4 Å². The van der Waals surface area contributed by atoms with Crippen LogP contribution in [0.5, 0.6) is 0 Å². The maximum atomic E-state index is 13.6. The first-order valence-electron chi connectivity index (χ1n) is 10.8. The van der Waals surface area contributed by atoms with Gasteiger partial charge in [-0.3, -0.25) is 9.59 Å². The number of carboxylic acids is 1. The quantitative estimate of drug-likeness (QED) is 0.471. The lowest BCUT2D eigenvalue weighted by Crippen LogP contribution is -2.32. The molecule has 0 saturated heterocycles. The summed E-state index contributed by atoms with van der Waals surface area (Å²) >= 11 is 0. The predicted molar refractivity (Wildman–Crippen MR) is 129 cm³/mol. The van der Waals surface area contributed by atoms with Crippen molar-refractivity contribution in [2.45, 2.75) is 18.7 Å². The highest BCUT2D eigenvalue weighted by Gasteiger charge is 2.47. The molecule has 0 atom stereocenters. The summed E-state index contributed by atoms with van der Waals surface area (Å²) in [5.74, 6) is -2.73. The number of nitrogens with zero attached hydrogens (tertiary/aromatic N) is 2. The van der Waals surface area contributed by atoms with Crippen molar-refractivity contribution in [2.75, 3.05) is 22.9 Å². The molecule has 10 heteroatoms. The molecule has 1 aliphatic rings. The average molecular weight is 495 g/mol. The van der Waals surface area contributed by atoms with E-state index < -0.39 is 32.5 Å². The number of hydrogen-bond donors (Lipinski definition) is 1. The number of imide groups is 1. The molecule has 1 aromatic heterocycles. The number of benzene rings is 2. The van der Waals surface area contributed by atoms with Crippen LogP contribution in [0.2, 0.25) is 0 Å². The van der Waals surface area contributed by atoms with Crippen LogP contribution in [0.1, 0.15) is 30.0 Å². The number of furan rings is 1. The van der Waals surface area contributed by atoms with Crippen molar-refractivity contribution in [3.05, 3.63) is 83.0 Å². The van der Waals surface area contributed by atoms with Crippen LogP contribution in [0.25, 0.3) is 5.57 Å². The molecule has 0 fully saturated rings. The topological polar surface area (TPSA) is 125 Å². The molecule has 180 valence electrons. The standard InChI is InChI=1S/C25H22N2O7S/c1-3-26(4-2)20-15-14-19(34-20)21-22(35(32,33)18-8-6-5-7-9-18)24(29)27(23(21)28)17-12-10-16(11-13-17)25(30)31/h5-15H,3-4H2,1-2H3,(H,30,31). The van der Waals surface area contributed by atoms with Gasteiger partial charge in [-0.25, -0.2) is 18.1 Å². The van der Waals surface area contributed by atoms with Gasteiger partial charge in [0.15, 0.2) is 10.8 Å². The summed E-state index contributed by atoms with van der Waals surface area (Å²) in [4.78, 5) is 40.0. The third-order valence-electron chi connectivity index (χ3n) is 5.65.